The molecule has 0 aliphatic carbocycles. The van der Waals surface area contributed by atoms with Gasteiger partial charge in [-0.3, -0.25) is 0 Å². The van der Waals surface area contributed by atoms with E-state index in [9.17, 15) is 0 Å². The van der Waals surface area contributed by atoms with Crippen molar-refractivity contribution in [3.63, 3.8) is 0 Å². The molecular formula is C32H27BO3. The lowest BCUT2D eigenvalue weighted by Gasteiger charge is -2.32. The highest BCUT2D eigenvalue weighted by Gasteiger charge is 2.52. The van der Waals surface area contributed by atoms with Crippen LogP contribution in [0.2, 0.25) is 0 Å². The maximum absolute atomic E-state index is 6.53. The van der Waals surface area contributed by atoms with Gasteiger partial charge in [-0.1, -0.05) is 66.7 Å². The highest BCUT2D eigenvalue weighted by Crippen LogP contribution is 2.39. The quantitative estimate of drug-likeness (QED) is 0.191. The molecule has 176 valence electrons. The molecule has 0 N–H and O–H groups in total. The van der Waals surface area contributed by atoms with E-state index in [1.54, 1.807) is 0 Å². The van der Waals surface area contributed by atoms with E-state index in [0.717, 1.165) is 43.9 Å². The molecule has 0 unspecified atom stereocenters. The number of hydrogen-bond acceptors (Lipinski definition) is 3. The van der Waals surface area contributed by atoms with Crippen LogP contribution in [0.3, 0.4) is 0 Å². The Labute approximate surface area is 210 Å². The molecule has 7 rings (SSSR count). The number of fused-ring (bicyclic) bond motifs is 6. The normalized spacial score (nSPS) is 17.1. The molecular weight excluding hydrogens is 443 g/mol. The van der Waals surface area contributed by atoms with Crippen molar-refractivity contribution in [2.24, 2.45) is 0 Å². The third kappa shape index (κ3) is 3.15. The maximum atomic E-state index is 6.53. The summed E-state index contributed by atoms with van der Waals surface area (Å²) in [6.07, 6.45) is 0. The fourth-order valence-corrected chi connectivity index (χ4v) is 5.38. The summed E-state index contributed by atoms with van der Waals surface area (Å²) in [6, 6.07) is 32.1. The smallest absolute Gasteiger partial charge is 0.456 e. The van der Waals surface area contributed by atoms with Crippen molar-refractivity contribution in [2.45, 2.75) is 38.9 Å². The van der Waals surface area contributed by atoms with Gasteiger partial charge in [-0.2, -0.15) is 0 Å². The van der Waals surface area contributed by atoms with Crippen LogP contribution in [0.4, 0.5) is 0 Å². The number of furan rings is 1. The van der Waals surface area contributed by atoms with Crippen molar-refractivity contribution in [3.8, 4) is 11.1 Å². The number of benzene rings is 5. The molecule has 0 atom stereocenters. The lowest BCUT2D eigenvalue weighted by Crippen LogP contribution is -2.41. The van der Waals surface area contributed by atoms with Gasteiger partial charge in [0.05, 0.1) is 11.2 Å². The lowest BCUT2D eigenvalue weighted by atomic mass is 9.74. The van der Waals surface area contributed by atoms with Gasteiger partial charge in [0.1, 0.15) is 11.2 Å². The van der Waals surface area contributed by atoms with Crippen LogP contribution in [0.25, 0.3) is 54.6 Å². The Bertz CT molecular complexity index is 1800. The molecule has 0 spiro atoms. The van der Waals surface area contributed by atoms with Gasteiger partial charge in [0.25, 0.3) is 0 Å². The van der Waals surface area contributed by atoms with Gasteiger partial charge in [-0.25, -0.2) is 0 Å². The molecule has 3 nitrogen and oxygen atoms in total. The largest absolute Gasteiger partial charge is 0.495 e. The van der Waals surface area contributed by atoms with Crippen LogP contribution in [-0.4, -0.2) is 18.3 Å². The van der Waals surface area contributed by atoms with Crippen LogP contribution in [0.5, 0.6) is 0 Å². The first kappa shape index (κ1) is 21.7. The number of rotatable bonds is 2. The first-order valence-electron chi connectivity index (χ1n) is 12.5. The third-order valence-electron chi connectivity index (χ3n) is 8.11. The Kier molecular flexibility index (Phi) is 4.49. The summed E-state index contributed by atoms with van der Waals surface area (Å²) in [4.78, 5) is 0. The van der Waals surface area contributed by atoms with Crippen LogP contribution < -0.4 is 5.46 Å². The van der Waals surface area contributed by atoms with Crippen molar-refractivity contribution < 1.29 is 13.7 Å². The van der Waals surface area contributed by atoms with Crippen molar-refractivity contribution >= 4 is 56.1 Å². The highest BCUT2D eigenvalue weighted by molar-refractivity contribution is 6.65. The second-order valence-electron chi connectivity index (χ2n) is 10.8. The summed E-state index contributed by atoms with van der Waals surface area (Å²) in [7, 11) is -0.450. The average molecular weight is 470 g/mol. The average Bonchev–Trinajstić information content (AvgIpc) is 3.35. The van der Waals surface area contributed by atoms with Crippen LogP contribution in [-0.2, 0) is 9.31 Å². The second-order valence-corrected chi connectivity index (χ2v) is 10.8. The Morgan fingerprint density at radius 2 is 1.19 bits per heavy atom. The fraction of sp³-hybridized carbons (Fsp3) is 0.188. The van der Waals surface area contributed by atoms with Crippen molar-refractivity contribution in [3.05, 3.63) is 91.0 Å². The standard InChI is InChI=1S/C32H27BO3/c1-31(2)32(3,4)36-33(35-31)28-18-22(17-27-23-10-6-5-9-20(23)13-15-24(27)28)21-14-16-26-25-11-7-8-12-29(25)34-30(26)19-21/h5-19H,1-4H3. The van der Waals surface area contributed by atoms with Crippen molar-refractivity contribution in [2.75, 3.05) is 0 Å². The van der Waals surface area contributed by atoms with Crippen LogP contribution in [0.15, 0.2) is 95.4 Å². The molecule has 36 heavy (non-hydrogen) atoms. The molecule has 1 saturated heterocycles. The predicted octanol–water partition coefficient (Wildman–Crippen LogP) is 7.86. The topological polar surface area (TPSA) is 31.6 Å². The summed E-state index contributed by atoms with van der Waals surface area (Å²) in [6.45, 7) is 8.40. The van der Waals surface area contributed by atoms with E-state index in [2.05, 4.69) is 107 Å². The molecule has 1 aromatic heterocycles. The minimum atomic E-state index is -0.450. The Morgan fingerprint density at radius 1 is 0.528 bits per heavy atom. The van der Waals surface area contributed by atoms with E-state index >= 15 is 0 Å². The Morgan fingerprint density at radius 3 is 2.00 bits per heavy atom. The molecule has 6 aromatic rings. The fourth-order valence-electron chi connectivity index (χ4n) is 5.38. The molecule has 0 saturated carbocycles. The minimum Gasteiger partial charge on any atom is -0.456 e. The van der Waals surface area contributed by atoms with Crippen LogP contribution in [0.1, 0.15) is 27.7 Å². The summed E-state index contributed by atoms with van der Waals surface area (Å²) in [5.41, 5.74) is 4.25. The lowest BCUT2D eigenvalue weighted by molar-refractivity contribution is 0.00578. The summed E-state index contributed by atoms with van der Waals surface area (Å²) >= 11 is 0. The zero-order valence-corrected chi connectivity index (χ0v) is 21.0. The van der Waals surface area contributed by atoms with Gasteiger partial charge in [-0.15, -0.1) is 0 Å². The van der Waals surface area contributed by atoms with Crippen LogP contribution >= 0.6 is 0 Å². The van der Waals surface area contributed by atoms with Gasteiger partial charge >= 0.3 is 7.12 Å². The van der Waals surface area contributed by atoms with Crippen molar-refractivity contribution in [1.82, 2.24) is 0 Å². The molecule has 1 fully saturated rings. The van der Waals surface area contributed by atoms with E-state index < -0.39 is 18.3 Å². The minimum absolute atomic E-state index is 0.413. The molecule has 0 amide bonds. The summed E-state index contributed by atoms with van der Waals surface area (Å²) in [5.74, 6) is 0. The number of para-hydroxylation sites is 1. The summed E-state index contributed by atoms with van der Waals surface area (Å²) in [5, 5.41) is 7.06. The second kappa shape index (κ2) is 7.46. The first-order valence-corrected chi connectivity index (χ1v) is 12.5. The molecule has 4 heteroatoms. The van der Waals surface area contributed by atoms with Crippen molar-refractivity contribution in [1.29, 1.82) is 0 Å². The Hall–Kier alpha value is -3.60. The molecule has 2 heterocycles. The van der Waals surface area contributed by atoms with Gasteiger partial charge in [0.15, 0.2) is 0 Å². The zero-order chi connectivity index (χ0) is 24.7. The molecule has 5 aromatic carbocycles. The molecule has 1 aliphatic rings. The SMILES string of the molecule is CC1(C)OB(c2cc(-c3ccc4c(c3)oc3ccccc34)cc3c2ccc2ccccc23)OC1(C)C. The van der Waals surface area contributed by atoms with E-state index in [-0.39, 0.29) is 0 Å². The van der Waals surface area contributed by atoms with E-state index in [1.807, 2.05) is 12.1 Å². The monoisotopic (exact) mass is 470 g/mol. The molecule has 1 aliphatic heterocycles. The predicted molar refractivity (Wildman–Crippen MR) is 150 cm³/mol. The van der Waals surface area contributed by atoms with Gasteiger partial charge in [-0.05, 0) is 90.1 Å². The van der Waals surface area contributed by atoms with E-state index in [0.29, 0.717) is 0 Å². The molecule has 0 bridgehead atoms. The summed E-state index contributed by atoms with van der Waals surface area (Å²) < 4.78 is 19.3. The van der Waals surface area contributed by atoms with Gasteiger partial charge in [0.2, 0.25) is 0 Å². The number of hydrogen-bond donors (Lipinski definition) is 0. The first-order chi connectivity index (χ1) is 17.3. The van der Waals surface area contributed by atoms with Gasteiger partial charge in [0, 0.05) is 10.8 Å². The Balaban J connectivity index is 1.48. The van der Waals surface area contributed by atoms with Crippen LogP contribution in [0, 0.1) is 0 Å². The maximum Gasteiger partial charge on any atom is 0.495 e. The highest BCUT2D eigenvalue weighted by atomic mass is 16.7. The van der Waals surface area contributed by atoms with E-state index in [1.165, 1.54) is 16.2 Å². The molecule has 0 radical (unpaired) electrons. The zero-order valence-electron chi connectivity index (χ0n) is 21.0. The van der Waals surface area contributed by atoms with Gasteiger partial charge < -0.3 is 13.7 Å². The third-order valence-corrected chi connectivity index (χ3v) is 8.11. The van der Waals surface area contributed by atoms with E-state index in [4.69, 9.17) is 13.7 Å².